The fourth-order valence-electron chi connectivity index (χ4n) is 1.02. The molecule has 2 aromatic rings. The number of rotatable bonds is 3. The second-order valence-electron chi connectivity index (χ2n) is 2.80. The molecule has 17 heavy (non-hydrogen) atoms. The molecule has 8 nitrogen and oxygen atoms in total. The molecule has 0 unspecified atom stereocenters. The number of hydrogen-bond acceptors (Lipinski definition) is 7. The molecule has 0 fully saturated rings. The molecule has 0 aliphatic carbocycles. The van der Waals surface area contributed by atoms with E-state index in [1.54, 1.807) is 0 Å². The minimum absolute atomic E-state index is 0.0944. The molecule has 2 N–H and O–H groups in total. The van der Waals surface area contributed by atoms with E-state index in [4.69, 9.17) is 5.11 Å². The summed E-state index contributed by atoms with van der Waals surface area (Å²) in [5.74, 6) is -1.98. The van der Waals surface area contributed by atoms with Crippen molar-refractivity contribution in [2.75, 3.05) is 5.32 Å². The van der Waals surface area contributed by atoms with Crippen LogP contribution in [-0.2, 0) is 0 Å². The molecule has 0 aliphatic heterocycles. The van der Waals surface area contributed by atoms with Crippen molar-refractivity contribution in [1.29, 1.82) is 0 Å². The van der Waals surface area contributed by atoms with Gasteiger partial charge < -0.3 is 10.4 Å². The van der Waals surface area contributed by atoms with E-state index in [1.807, 2.05) is 0 Å². The highest BCUT2D eigenvalue weighted by Crippen LogP contribution is 2.09. The predicted molar refractivity (Wildman–Crippen MR) is 56.9 cm³/mol. The second kappa shape index (κ2) is 4.61. The Hall–Kier alpha value is -2.42. The smallest absolute Gasteiger partial charge is 0.358 e. The molecule has 2 aromatic heterocycles. The first-order valence-corrected chi connectivity index (χ1v) is 5.15. The van der Waals surface area contributed by atoms with Gasteiger partial charge in [0, 0.05) is 17.8 Å². The van der Waals surface area contributed by atoms with Crippen LogP contribution in [0.5, 0.6) is 0 Å². The Morgan fingerprint density at radius 1 is 1.29 bits per heavy atom. The van der Waals surface area contributed by atoms with E-state index in [0.29, 0.717) is 0 Å². The lowest BCUT2D eigenvalue weighted by Crippen LogP contribution is -2.17. The zero-order valence-corrected chi connectivity index (χ0v) is 9.01. The highest BCUT2D eigenvalue weighted by Gasteiger charge is 2.16. The molecule has 1 amide bonds. The van der Waals surface area contributed by atoms with Gasteiger partial charge in [0.1, 0.15) is 0 Å². The van der Waals surface area contributed by atoms with Crippen LogP contribution in [0.25, 0.3) is 0 Å². The Morgan fingerprint density at radius 3 is 2.71 bits per heavy atom. The van der Waals surface area contributed by atoms with Gasteiger partial charge in [0.15, 0.2) is 17.2 Å². The number of amides is 1. The van der Waals surface area contributed by atoms with Crippen LogP contribution in [-0.4, -0.2) is 36.5 Å². The Balaban J connectivity index is 2.25. The first-order chi connectivity index (χ1) is 8.18. The summed E-state index contributed by atoms with van der Waals surface area (Å²) in [7, 11) is 0. The molecule has 9 heteroatoms. The van der Waals surface area contributed by atoms with E-state index in [-0.39, 0.29) is 17.2 Å². The molecular formula is C8H5N5O3S. The number of nitrogens with zero attached hydrogens (tertiary/aromatic N) is 4. The van der Waals surface area contributed by atoms with E-state index in [1.165, 1.54) is 17.8 Å². The van der Waals surface area contributed by atoms with Crippen molar-refractivity contribution >= 4 is 29.2 Å². The summed E-state index contributed by atoms with van der Waals surface area (Å²) in [6.07, 6.45) is 2.50. The van der Waals surface area contributed by atoms with E-state index in [9.17, 15) is 9.59 Å². The summed E-state index contributed by atoms with van der Waals surface area (Å²) in [5.41, 5.74) is -0.235. The van der Waals surface area contributed by atoms with Gasteiger partial charge >= 0.3 is 5.97 Å². The van der Waals surface area contributed by atoms with Gasteiger partial charge in [-0.05, 0) is 11.5 Å². The van der Waals surface area contributed by atoms with Gasteiger partial charge in [-0.25, -0.2) is 14.8 Å². The maximum Gasteiger partial charge on any atom is 0.358 e. The summed E-state index contributed by atoms with van der Waals surface area (Å²) in [4.78, 5) is 29.7. The van der Waals surface area contributed by atoms with Crippen LogP contribution in [0.1, 0.15) is 21.0 Å². The van der Waals surface area contributed by atoms with E-state index >= 15 is 0 Å². The minimum atomic E-state index is -1.27. The standard InChI is InChI=1S/C8H5N5O3S/c14-7(4-3-17-13-12-4)11-6-5(8(15)16)9-1-2-10-6/h1-3H,(H,15,16)(H,10,11,14). The van der Waals surface area contributed by atoms with Crippen molar-refractivity contribution in [2.45, 2.75) is 0 Å². The zero-order chi connectivity index (χ0) is 12.3. The number of aromatic carboxylic acids is 1. The van der Waals surface area contributed by atoms with Crippen molar-refractivity contribution in [1.82, 2.24) is 19.6 Å². The Kier molecular flexibility index (Phi) is 3.01. The van der Waals surface area contributed by atoms with Crippen LogP contribution < -0.4 is 5.32 Å². The maximum atomic E-state index is 11.6. The molecule has 0 aliphatic rings. The quantitative estimate of drug-likeness (QED) is 0.804. The van der Waals surface area contributed by atoms with Gasteiger partial charge in [-0.2, -0.15) is 0 Å². The first kappa shape index (κ1) is 11.1. The number of carboxylic acids is 1. The van der Waals surface area contributed by atoms with Gasteiger partial charge in [0.2, 0.25) is 0 Å². The first-order valence-electron chi connectivity index (χ1n) is 4.31. The highest BCUT2D eigenvalue weighted by molar-refractivity contribution is 7.03. The number of carbonyl (C=O) groups is 2. The number of nitrogens with one attached hydrogen (secondary N) is 1. The number of carboxylic acid groups (broad SMARTS) is 1. The summed E-state index contributed by atoms with van der Waals surface area (Å²) < 4.78 is 3.52. The molecule has 0 saturated carbocycles. The summed E-state index contributed by atoms with van der Waals surface area (Å²) in [6.45, 7) is 0. The van der Waals surface area contributed by atoms with Crippen molar-refractivity contribution in [3.05, 3.63) is 29.2 Å². The summed E-state index contributed by atoms with van der Waals surface area (Å²) in [6, 6.07) is 0. The van der Waals surface area contributed by atoms with Crippen LogP contribution >= 0.6 is 11.5 Å². The average molecular weight is 251 g/mol. The van der Waals surface area contributed by atoms with Crippen LogP contribution in [0.4, 0.5) is 5.82 Å². The molecule has 86 valence electrons. The third kappa shape index (κ3) is 2.39. The van der Waals surface area contributed by atoms with Gasteiger partial charge in [-0.3, -0.25) is 4.79 Å². The topological polar surface area (TPSA) is 118 Å². The molecule has 2 rings (SSSR count). The second-order valence-corrected chi connectivity index (χ2v) is 3.41. The van der Waals surface area contributed by atoms with Crippen LogP contribution in [0.15, 0.2) is 17.8 Å². The van der Waals surface area contributed by atoms with Crippen LogP contribution in [0.3, 0.4) is 0 Å². The maximum absolute atomic E-state index is 11.6. The third-order valence-electron chi connectivity index (χ3n) is 1.73. The predicted octanol–water partition coefficient (Wildman–Crippen LogP) is 0.279. The van der Waals surface area contributed by atoms with Crippen molar-refractivity contribution in [3.8, 4) is 0 Å². The molecule has 2 heterocycles. The molecule has 0 bridgehead atoms. The van der Waals surface area contributed by atoms with Gasteiger partial charge in [-0.15, -0.1) is 5.10 Å². The zero-order valence-electron chi connectivity index (χ0n) is 8.19. The van der Waals surface area contributed by atoms with E-state index in [2.05, 4.69) is 24.9 Å². The number of anilines is 1. The number of carbonyl (C=O) groups excluding carboxylic acids is 1. The lowest BCUT2D eigenvalue weighted by atomic mass is 10.4. The van der Waals surface area contributed by atoms with Gasteiger partial charge in [-0.1, -0.05) is 4.49 Å². The van der Waals surface area contributed by atoms with Crippen LogP contribution in [0.2, 0.25) is 0 Å². The molecule has 0 saturated heterocycles. The molecule has 0 atom stereocenters. The monoisotopic (exact) mass is 251 g/mol. The van der Waals surface area contributed by atoms with Crippen molar-refractivity contribution in [2.24, 2.45) is 0 Å². The normalized spacial score (nSPS) is 9.88. The number of aromatic nitrogens is 4. The van der Waals surface area contributed by atoms with Crippen molar-refractivity contribution < 1.29 is 14.7 Å². The number of hydrogen-bond donors (Lipinski definition) is 2. The fraction of sp³-hybridized carbons (Fsp3) is 0. The molecular weight excluding hydrogens is 246 g/mol. The lowest BCUT2D eigenvalue weighted by Gasteiger charge is -2.03. The Labute approximate surface area is 98.5 Å². The van der Waals surface area contributed by atoms with Crippen LogP contribution in [0, 0.1) is 0 Å². The SMILES string of the molecule is O=C(Nc1nccnc1C(=O)O)c1csnn1. The van der Waals surface area contributed by atoms with E-state index in [0.717, 1.165) is 11.5 Å². The molecule has 0 radical (unpaired) electrons. The van der Waals surface area contributed by atoms with Gasteiger partial charge in [0.05, 0.1) is 0 Å². The largest absolute Gasteiger partial charge is 0.476 e. The summed E-state index contributed by atoms with van der Waals surface area (Å²) >= 11 is 1.01. The fourth-order valence-corrected chi connectivity index (χ4v) is 1.46. The third-order valence-corrected chi connectivity index (χ3v) is 2.23. The Morgan fingerprint density at radius 2 is 2.06 bits per heavy atom. The van der Waals surface area contributed by atoms with Crippen molar-refractivity contribution in [3.63, 3.8) is 0 Å². The lowest BCUT2D eigenvalue weighted by molar-refractivity contribution is 0.0691. The van der Waals surface area contributed by atoms with E-state index < -0.39 is 11.9 Å². The van der Waals surface area contributed by atoms with Gasteiger partial charge in [0.25, 0.3) is 5.91 Å². The molecule has 0 aromatic carbocycles. The highest BCUT2D eigenvalue weighted by atomic mass is 32.1. The Bertz CT molecular complexity index is 556. The minimum Gasteiger partial charge on any atom is -0.476 e. The molecule has 0 spiro atoms. The average Bonchev–Trinajstić information content (AvgIpc) is 2.83. The summed E-state index contributed by atoms with van der Waals surface area (Å²) in [5, 5.41) is 16.1.